The van der Waals surface area contributed by atoms with Gasteiger partial charge in [-0.2, -0.15) is 0 Å². The minimum Gasteiger partial charge on any atom is -0.496 e. The summed E-state index contributed by atoms with van der Waals surface area (Å²) in [7, 11) is 1.42. The van der Waals surface area contributed by atoms with Crippen molar-refractivity contribution in [3.8, 4) is 5.75 Å². The number of hydrogen-bond acceptors (Lipinski definition) is 3. The molecule has 1 aliphatic carbocycles. The number of carbonyl (C=O) groups excluding carboxylic acids is 1. The van der Waals surface area contributed by atoms with Gasteiger partial charge in [-0.1, -0.05) is 25.8 Å². The van der Waals surface area contributed by atoms with Crippen LogP contribution >= 0.6 is 0 Å². The number of rotatable bonds is 4. The number of methoxy groups -OCH3 is 1. The van der Waals surface area contributed by atoms with E-state index in [9.17, 15) is 9.18 Å². The Morgan fingerprint density at radius 3 is 2.90 bits per heavy atom. The molecule has 1 aromatic carbocycles. The third kappa shape index (κ3) is 3.02. The number of nitrogens with two attached hydrogens (primary N) is 1. The first kappa shape index (κ1) is 15.8. The molecule has 0 bridgehead atoms. The second kappa shape index (κ2) is 6.43. The molecule has 2 rings (SSSR count). The Bertz CT molecular complexity index is 521. The lowest BCUT2D eigenvalue weighted by Crippen LogP contribution is -2.59. The first-order valence-electron chi connectivity index (χ1n) is 7.39. The molecule has 1 aromatic rings. The van der Waals surface area contributed by atoms with Gasteiger partial charge >= 0.3 is 0 Å². The smallest absolute Gasteiger partial charge is 0.258 e. The number of hydrogen-bond donors (Lipinski definition) is 2. The Labute approximate surface area is 124 Å². The summed E-state index contributed by atoms with van der Waals surface area (Å²) >= 11 is 0. The maximum atomic E-state index is 14.0. The molecule has 0 heterocycles. The second-order valence-electron chi connectivity index (χ2n) is 5.78. The zero-order valence-electron chi connectivity index (χ0n) is 12.6. The maximum Gasteiger partial charge on any atom is 0.258 e. The number of nitrogens with one attached hydrogen (secondary N) is 1. The zero-order valence-corrected chi connectivity index (χ0v) is 12.6. The van der Waals surface area contributed by atoms with E-state index in [-0.39, 0.29) is 17.2 Å². The summed E-state index contributed by atoms with van der Waals surface area (Å²) in [5, 5.41) is 2.98. The molecule has 5 heteroatoms. The fraction of sp³-hybridized carbons (Fsp3) is 0.562. The lowest BCUT2D eigenvalue weighted by molar-refractivity contribution is 0.0805. The van der Waals surface area contributed by atoms with Gasteiger partial charge in [-0.3, -0.25) is 4.79 Å². The summed E-state index contributed by atoms with van der Waals surface area (Å²) in [6.45, 7) is 2.45. The first-order valence-corrected chi connectivity index (χ1v) is 7.39. The van der Waals surface area contributed by atoms with Crippen molar-refractivity contribution in [1.82, 2.24) is 5.32 Å². The highest BCUT2D eigenvalue weighted by atomic mass is 19.1. The van der Waals surface area contributed by atoms with Crippen molar-refractivity contribution < 1.29 is 13.9 Å². The molecular weight excluding hydrogens is 271 g/mol. The maximum absolute atomic E-state index is 14.0. The molecule has 2 atom stereocenters. The fourth-order valence-electron chi connectivity index (χ4n) is 3.14. The third-order valence-electron chi connectivity index (χ3n) is 4.60. The van der Waals surface area contributed by atoms with Crippen molar-refractivity contribution >= 4 is 5.91 Å². The van der Waals surface area contributed by atoms with E-state index in [0.717, 1.165) is 25.7 Å². The number of carbonyl (C=O) groups is 1. The molecular formula is C16H23FN2O2. The number of benzene rings is 1. The highest BCUT2D eigenvalue weighted by Gasteiger charge is 2.39. The average molecular weight is 294 g/mol. The van der Waals surface area contributed by atoms with Gasteiger partial charge in [0, 0.05) is 6.54 Å². The first-order chi connectivity index (χ1) is 10.0. The molecule has 0 saturated heterocycles. The predicted octanol–water partition coefficient (Wildman–Crippen LogP) is 2.47. The van der Waals surface area contributed by atoms with Crippen LogP contribution in [0.5, 0.6) is 5.75 Å². The van der Waals surface area contributed by atoms with Crippen molar-refractivity contribution in [2.45, 2.75) is 38.1 Å². The van der Waals surface area contributed by atoms with Gasteiger partial charge in [0.15, 0.2) is 0 Å². The number of amides is 1. The van der Waals surface area contributed by atoms with Crippen LogP contribution in [0.15, 0.2) is 18.2 Å². The van der Waals surface area contributed by atoms with Gasteiger partial charge < -0.3 is 15.8 Å². The zero-order chi connectivity index (χ0) is 15.5. The van der Waals surface area contributed by atoms with Crippen molar-refractivity contribution in [2.24, 2.45) is 11.7 Å². The molecule has 0 aromatic heterocycles. The third-order valence-corrected chi connectivity index (χ3v) is 4.60. The second-order valence-corrected chi connectivity index (χ2v) is 5.78. The van der Waals surface area contributed by atoms with Crippen LogP contribution in [0.3, 0.4) is 0 Å². The highest BCUT2D eigenvalue weighted by molar-refractivity contribution is 5.97. The van der Waals surface area contributed by atoms with Crippen LogP contribution in [0.2, 0.25) is 0 Å². The van der Waals surface area contributed by atoms with Gasteiger partial charge in [0.25, 0.3) is 5.91 Å². The van der Waals surface area contributed by atoms with E-state index in [0.29, 0.717) is 6.54 Å². The molecule has 116 valence electrons. The molecule has 4 nitrogen and oxygen atoms in total. The van der Waals surface area contributed by atoms with E-state index in [1.54, 1.807) is 6.07 Å². The van der Waals surface area contributed by atoms with Crippen LogP contribution in [0.25, 0.3) is 0 Å². The fourth-order valence-corrected chi connectivity index (χ4v) is 3.14. The molecule has 0 radical (unpaired) electrons. The molecule has 2 unspecified atom stereocenters. The van der Waals surface area contributed by atoms with E-state index < -0.39 is 17.3 Å². The topological polar surface area (TPSA) is 64.3 Å². The van der Waals surface area contributed by atoms with Crippen molar-refractivity contribution in [1.29, 1.82) is 0 Å². The minimum absolute atomic E-state index is 0.0504. The van der Waals surface area contributed by atoms with E-state index in [4.69, 9.17) is 10.5 Å². The van der Waals surface area contributed by atoms with Crippen LogP contribution in [0.1, 0.15) is 43.0 Å². The van der Waals surface area contributed by atoms with Gasteiger partial charge in [0.05, 0.1) is 12.6 Å². The Morgan fingerprint density at radius 2 is 2.29 bits per heavy atom. The Kier molecular flexibility index (Phi) is 4.83. The molecule has 21 heavy (non-hydrogen) atoms. The SMILES string of the molecule is COc1cccc(F)c1C(=O)NC1(CN)CCCCC1C. The Hall–Kier alpha value is -1.62. The van der Waals surface area contributed by atoms with E-state index >= 15 is 0 Å². The van der Waals surface area contributed by atoms with Crippen molar-refractivity contribution in [3.63, 3.8) is 0 Å². The van der Waals surface area contributed by atoms with Gasteiger partial charge in [0.1, 0.15) is 17.1 Å². The standard InChI is InChI=1S/C16H23FN2O2/c1-11-6-3-4-9-16(11,10-18)19-15(20)14-12(17)7-5-8-13(14)21-2/h5,7-8,11H,3-4,6,9-10,18H2,1-2H3,(H,19,20). The Balaban J connectivity index is 2.28. The predicted molar refractivity (Wildman–Crippen MR) is 79.8 cm³/mol. The van der Waals surface area contributed by atoms with Gasteiger partial charge in [-0.05, 0) is 30.9 Å². The van der Waals surface area contributed by atoms with Crippen molar-refractivity contribution in [3.05, 3.63) is 29.6 Å². The Morgan fingerprint density at radius 1 is 1.52 bits per heavy atom. The summed E-state index contributed by atoms with van der Waals surface area (Å²) in [4.78, 5) is 12.5. The molecule has 1 aliphatic rings. The molecule has 0 spiro atoms. The van der Waals surface area contributed by atoms with Crippen LogP contribution in [0.4, 0.5) is 4.39 Å². The molecule has 3 N–H and O–H groups in total. The van der Waals surface area contributed by atoms with Crippen molar-refractivity contribution in [2.75, 3.05) is 13.7 Å². The molecule has 1 amide bonds. The van der Waals surface area contributed by atoms with Gasteiger partial charge in [-0.15, -0.1) is 0 Å². The van der Waals surface area contributed by atoms with Gasteiger partial charge in [0.2, 0.25) is 0 Å². The number of ether oxygens (including phenoxy) is 1. The van der Waals surface area contributed by atoms with E-state index in [2.05, 4.69) is 12.2 Å². The largest absolute Gasteiger partial charge is 0.496 e. The van der Waals surface area contributed by atoms with Crippen LogP contribution in [-0.2, 0) is 0 Å². The average Bonchev–Trinajstić information content (AvgIpc) is 2.49. The molecule has 1 fully saturated rings. The lowest BCUT2D eigenvalue weighted by Gasteiger charge is -2.42. The summed E-state index contributed by atoms with van der Waals surface area (Å²) in [6, 6.07) is 4.36. The van der Waals surface area contributed by atoms with E-state index in [1.807, 2.05) is 0 Å². The normalized spacial score (nSPS) is 25.4. The quantitative estimate of drug-likeness (QED) is 0.896. The summed E-state index contributed by atoms with van der Waals surface area (Å²) in [5.74, 6) is -0.521. The summed E-state index contributed by atoms with van der Waals surface area (Å²) < 4.78 is 19.1. The van der Waals surface area contributed by atoms with Crippen LogP contribution < -0.4 is 15.8 Å². The summed E-state index contributed by atoms with van der Waals surface area (Å²) in [6.07, 6.45) is 4.01. The van der Waals surface area contributed by atoms with Gasteiger partial charge in [-0.25, -0.2) is 4.39 Å². The monoisotopic (exact) mass is 294 g/mol. The summed E-state index contributed by atoms with van der Waals surface area (Å²) in [5.41, 5.74) is 5.42. The van der Waals surface area contributed by atoms with Crippen LogP contribution in [0, 0.1) is 11.7 Å². The van der Waals surface area contributed by atoms with Crippen LogP contribution in [-0.4, -0.2) is 25.1 Å². The van der Waals surface area contributed by atoms with E-state index in [1.165, 1.54) is 19.2 Å². The lowest BCUT2D eigenvalue weighted by atomic mass is 9.73. The minimum atomic E-state index is -0.581. The molecule has 1 saturated carbocycles. The molecule has 0 aliphatic heterocycles. The highest BCUT2D eigenvalue weighted by Crippen LogP contribution is 2.33. The number of halogens is 1.